The van der Waals surface area contributed by atoms with Gasteiger partial charge in [-0.05, 0) is 48.6 Å². The molecule has 2 aromatic rings. The maximum Gasteiger partial charge on any atom is 0.417 e. The van der Waals surface area contributed by atoms with Gasteiger partial charge in [0.05, 0.1) is 11.1 Å². The van der Waals surface area contributed by atoms with Gasteiger partial charge in [0.2, 0.25) is 0 Å². The Labute approximate surface area is 170 Å². The van der Waals surface area contributed by atoms with E-state index in [1.807, 2.05) is 0 Å². The summed E-state index contributed by atoms with van der Waals surface area (Å²) in [7, 11) is 0. The van der Waals surface area contributed by atoms with E-state index in [4.69, 9.17) is 0 Å². The molecule has 30 heavy (non-hydrogen) atoms. The Balaban J connectivity index is 1.89. The molecule has 160 valence electrons. The zero-order chi connectivity index (χ0) is 21.7. The zero-order valence-corrected chi connectivity index (χ0v) is 16.0. The number of carbonyl (C=O) groups is 1. The minimum absolute atomic E-state index is 0.00306. The van der Waals surface area contributed by atoms with Crippen LogP contribution in [0.5, 0.6) is 0 Å². The van der Waals surface area contributed by atoms with Crippen LogP contribution in [0.1, 0.15) is 88.5 Å². The second-order valence-corrected chi connectivity index (χ2v) is 8.12. The smallest absolute Gasteiger partial charge is 0.289 e. The summed E-state index contributed by atoms with van der Waals surface area (Å²) in [6.07, 6.45) is -5.78. The Hall–Kier alpha value is -2.31. The second kappa shape index (κ2) is 7.43. The van der Waals surface area contributed by atoms with Gasteiger partial charge in [-0.25, -0.2) is 0 Å². The van der Waals surface area contributed by atoms with Gasteiger partial charge >= 0.3 is 12.4 Å². The molecule has 2 aliphatic carbocycles. The number of hydrogen-bond acceptors (Lipinski definition) is 1. The lowest BCUT2D eigenvalue weighted by Crippen LogP contribution is -2.24. The second-order valence-electron chi connectivity index (χ2n) is 8.12. The predicted molar refractivity (Wildman–Crippen MR) is 99.5 cm³/mol. The summed E-state index contributed by atoms with van der Waals surface area (Å²) in [4.78, 5) is 13.1. The van der Waals surface area contributed by atoms with Gasteiger partial charge in [0.1, 0.15) is 0 Å². The van der Waals surface area contributed by atoms with Crippen LogP contribution in [0.2, 0.25) is 0 Å². The number of ketones is 1. The van der Waals surface area contributed by atoms with Crippen LogP contribution in [0.25, 0.3) is 0 Å². The quantitative estimate of drug-likeness (QED) is 0.366. The molecule has 0 aliphatic heterocycles. The van der Waals surface area contributed by atoms with Gasteiger partial charge in [0.15, 0.2) is 5.78 Å². The molecular weight excluding hydrogens is 406 g/mol. The molecule has 0 atom stereocenters. The highest BCUT2D eigenvalue weighted by Crippen LogP contribution is 2.47. The van der Waals surface area contributed by atoms with E-state index in [9.17, 15) is 31.1 Å². The molecule has 2 aromatic carbocycles. The largest absolute Gasteiger partial charge is 0.417 e. The van der Waals surface area contributed by atoms with Crippen molar-refractivity contribution in [2.75, 3.05) is 0 Å². The average molecular weight is 426 g/mol. The predicted octanol–water partition coefficient (Wildman–Crippen LogP) is 7.49. The highest BCUT2D eigenvalue weighted by atomic mass is 19.4. The van der Waals surface area contributed by atoms with Crippen LogP contribution in [0.15, 0.2) is 36.4 Å². The van der Waals surface area contributed by atoms with E-state index in [0.717, 1.165) is 25.0 Å². The van der Waals surface area contributed by atoms with Gasteiger partial charge in [-0.2, -0.15) is 26.3 Å². The summed E-state index contributed by atoms with van der Waals surface area (Å²) in [5.74, 6) is -1.87. The summed E-state index contributed by atoms with van der Waals surface area (Å²) in [5.41, 5.74) is -3.60. The Kier molecular flexibility index (Phi) is 5.19. The molecule has 0 saturated heterocycles. The van der Waals surface area contributed by atoms with Crippen molar-refractivity contribution < 1.29 is 31.1 Å². The minimum atomic E-state index is -4.83. The third-order valence-corrected chi connectivity index (χ3v) is 6.34. The van der Waals surface area contributed by atoms with Crippen LogP contribution in [-0.2, 0) is 12.4 Å². The number of benzene rings is 2. The van der Waals surface area contributed by atoms with Gasteiger partial charge < -0.3 is 0 Å². The SMILES string of the molecule is O=C(c1cccc(C2CCC2)c1C(F)(F)F)c1cccc(C2CCC2)c1C(F)(F)F. The van der Waals surface area contributed by atoms with Crippen LogP contribution >= 0.6 is 0 Å². The summed E-state index contributed by atoms with van der Waals surface area (Å²) in [6, 6.07) is 7.31. The van der Waals surface area contributed by atoms with E-state index in [1.165, 1.54) is 24.3 Å². The van der Waals surface area contributed by atoms with Crippen molar-refractivity contribution in [1.82, 2.24) is 0 Å². The monoisotopic (exact) mass is 426 g/mol. The lowest BCUT2D eigenvalue weighted by Gasteiger charge is -2.30. The van der Waals surface area contributed by atoms with E-state index in [-0.39, 0.29) is 23.0 Å². The summed E-state index contributed by atoms with van der Waals surface area (Å²) < 4.78 is 83.6. The van der Waals surface area contributed by atoms with Gasteiger partial charge in [0, 0.05) is 11.1 Å². The van der Waals surface area contributed by atoms with Crippen molar-refractivity contribution in [2.45, 2.75) is 62.7 Å². The number of halogens is 6. The Morgan fingerprint density at radius 1 is 0.667 bits per heavy atom. The van der Waals surface area contributed by atoms with Gasteiger partial charge in [-0.15, -0.1) is 0 Å². The molecule has 1 nitrogen and oxygen atoms in total. The maximum absolute atomic E-state index is 13.9. The van der Waals surface area contributed by atoms with E-state index >= 15 is 0 Å². The highest BCUT2D eigenvalue weighted by molar-refractivity contribution is 6.11. The van der Waals surface area contributed by atoms with Crippen molar-refractivity contribution in [3.05, 3.63) is 69.8 Å². The zero-order valence-electron chi connectivity index (χ0n) is 16.0. The average Bonchev–Trinajstić information content (AvgIpc) is 2.56. The third kappa shape index (κ3) is 3.63. The number of carbonyl (C=O) groups excluding carboxylic acids is 1. The number of rotatable bonds is 4. The van der Waals surface area contributed by atoms with Gasteiger partial charge in [-0.1, -0.05) is 49.2 Å². The molecule has 0 bridgehead atoms. The molecule has 4 rings (SSSR count). The molecule has 0 radical (unpaired) electrons. The Morgan fingerprint density at radius 3 is 1.30 bits per heavy atom. The summed E-state index contributed by atoms with van der Waals surface area (Å²) >= 11 is 0. The minimum Gasteiger partial charge on any atom is -0.289 e. The van der Waals surface area contributed by atoms with Gasteiger partial charge in [0.25, 0.3) is 0 Å². The van der Waals surface area contributed by atoms with E-state index in [1.54, 1.807) is 0 Å². The fourth-order valence-corrected chi connectivity index (χ4v) is 4.42. The fraction of sp³-hybridized carbons (Fsp3) is 0.435. The van der Waals surface area contributed by atoms with Crippen LogP contribution in [0.3, 0.4) is 0 Å². The lowest BCUT2D eigenvalue weighted by atomic mass is 9.75. The molecule has 0 amide bonds. The molecule has 0 aromatic heterocycles. The van der Waals surface area contributed by atoms with E-state index in [2.05, 4.69) is 0 Å². The maximum atomic E-state index is 13.9. The van der Waals surface area contributed by atoms with Crippen LogP contribution in [0, 0.1) is 0 Å². The molecule has 2 saturated carbocycles. The topological polar surface area (TPSA) is 17.1 Å². The standard InChI is InChI=1S/C23H20F6O/c24-22(25,26)19-15(13-5-1-6-13)9-3-11-17(19)21(30)18-12-4-10-16(14-7-2-8-14)20(18)23(27,28)29/h3-4,9-14H,1-2,5-8H2. The molecule has 2 fully saturated rings. The van der Waals surface area contributed by atoms with Crippen LogP contribution in [0.4, 0.5) is 26.3 Å². The highest BCUT2D eigenvalue weighted by Gasteiger charge is 2.44. The van der Waals surface area contributed by atoms with E-state index in [0.29, 0.717) is 25.7 Å². The van der Waals surface area contributed by atoms with Crippen LogP contribution < -0.4 is 0 Å². The van der Waals surface area contributed by atoms with Crippen molar-refractivity contribution in [1.29, 1.82) is 0 Å². The molecule has 0 heterocycles. The van der Waals surface area contributed by atoms with Crippen molar-refractivity contribution in [3.63, 3.8) is 0 Å². The molecule has 0 spiro atoms. The molecule has 2 aliphatic rings. The summed E-state index contributed by atoms with van der Waals surface area (Å²) in [5, 5.41) is 0. The number of alkyl halides is 6. The first-order valence-electron chi connectivity index (χ1n) is 10.0. The van der Waals surface area contributed by atoms with Crippen LogP contribution in [-0.4, -0.2) is 5.78 Å². The Morgan fingerprint density at radius 2 is 1.03 bits per heavy atom. The number of hydrogen-bond donors (Lipinski definition) is 0. The third-order valence-electron chi connectivity index (χ3n) is 6.34. The first-order valence-corrected chi connectivity index (χ1v) is 10.0. The normalized spacial score (nSPS) is 18.1. The fourth-order valence-electron chi connectivity index (χ4n) is 4.42. The van der Waals surface area contributed by atoms with E-state index < -0.39 is 40.4 Å². The van der Waals surface area contributed by atoms with Crippen molar-refractivity contribution in [3.8, 4) is 0 Å². The van der Waals surface area contributed by atoms with Gasteiger partial charge in [-0.3, -0.25) is 4.79 Å². The molecule has 0 N–H and O–H groups in total. The Bertz CT molecular complexity index is 887. The molecule has 0 unspecified atom stereocenters. The first-order chi connectivity index (χ1) is 14.1. The van der Waals surface area contributed by atoms with Crippen molar-refractivity contribution >= 4 is 5.78 Å². The molecule has 7 heteroatoms. The molecular formula is C23H20F6O. The summed E-state index contributed by atoms with van der Waals surface area (Å²) in [6.45, 7) is 0. The van der Waals surface area contributed by atoms with Crippen molar-refractivity contribution in [2.24, 2.45) is 0 Å². The lowest BCUT2D eigenvalue weighted by molar-refractivity contribution is -0.139. The first kappa shape index (κ1) is 20.9.